The highest BCUT2D eigenvalue weighted by Crippen LogP contribution is 2.40. The summed E-state index contributed by atoms with van der Waals surface area (Å²) in [7, 11) is 0. The van der Waals surface area contributed by atoms with Gasteiger partial charge in [-0.05, 0) is 52.4 Å². The number of amides is 1. The van der Waals surface area contributed by atoms with Crippen LogP contribution in [0.5, 0.6) is 5.75 Å². The Balaban J connectivity index is 2.31. The van der Waals surface area contributed by atoms with E-state index in [2.05, 4.69) is 11.1 Å². The van der Waals surface area contributed by atoms with Crippen LogP contribution in [0.15, 0.2) is 36.2 Å². The summed E-state index contributed by atoms with van der Waals surface area (Å²) < 4.78 is 25.4. The Kier molecular flexibility index (Phi) is 4.79. The van der Waals surface area contributed by atoms with Crippen molar-refractivity contribution in [3.63, 3.8) is 0 Å². The Morgan fingerprint density at radius 1 is 1.32 bits per heavy atom. The Hall–Kier alpha value is -3.09. The van der Waals surface area contributed by atoms with Crippen molar-refractivity contribution in [1.29, 1.82) is 0 Å². The fraction of sp³-hybridized carbons (Fsp3) is 0.333. The number of nitrogens with zero attached hydrogens (tertiary/aromatic N) is 2. The van der Waals surface area contributed by atoms with Gasteiger partial charge in [0.15, 0.2) is 0 Å². The molecular formula is C21H21FN2O4-2. The van der Waals surface area contributed by atoms with E-state index in [1.165, 1.54) is 18.3 Å². The van der Waals surface area contributed by atoms with Crippen molar-refractivity contribution in [2.24, 2.45) is 0 Å². The first-order chi connectivity index (χ1) is 13.0. The van der Waals surface area contributed by atoms with E-state index in [1.807, 2.05) is 0 Å². The van der Waals surface area contributed by atoms with Crippen molar-refractivity contribution < 1.29 is 23.8 Å². The van der Waals surface area contributed by atoms with E-state index in [0.29, 0.717) is 5.56 Å². The van der Waals surface area contributed by atoms with Crippen molar-refractivity contribution in [1.82, 2.24) is 4.98 Å². The normalized spacial score (nSPS) is 17.6. The monoisotopic (exact) mass is 384 g/mol. The molecule has 0 aliphatic carbocycles. The van der Waals surface area contributed by atoms with Crippen LogP contribution in [-0.2, 0) is 4.74 Å². The second-order valence-electron chi connectivity index (χ2n) is 7.87. The van der Waals surface area contributed by atoms with Gasteiger partial charge in [-0.3, -0.25) is 0 Å². The predicted molar refractivity (Wildman–Crippen MR) is 101 cm³/mol. The zero-order valence-corrected chi connectivity index (χ0v) is 16.4. The first-order valence-corrected chi connectivity index (χ1v) is 8.76. The molecule has 28 heavy (non-hydrogen) atoms. The molecule has 1 aromatic heterocycles. The van der Waals surface area contributed by atoms with Crippen molar-refractivity contribution in [2.75, 3.05) is 4.90 Å². The summed E-state index contributed by atoms with van der Waals surface area (Å²) in [5.74, 6) is -0.796. The molecular weight excluding hydrogens is 363 g/mol. The average molecular weight is 384 g/mol. The Morgan fingerprint density at radius 2 is 2.04 bits per heavy atom. The predicted octanol–water partition coefficient (Wildman–Crippen LogP) is 3.97. The Labute approximate surface area is 163 Å². The minimum Gasteiger partial charge on any atom is -0.873 e. The van der Waals surface area contributed by atoms with Gasteiger partial charge in [0.1, 0.15) is 11.4 Å². The van der Waals surface area contributed by atoms with Gasteiger partial charge in [0.05, 0.1) is 5.60 Å². The summed E-state index contributed by atoms with van der Waals surface area (Å²) in [6, 6.07) is 8.27. The van der Waals surface area contributed by atoms with Gasteiger partial charge in [0.2, 0.25) is 0 Å². The Morgan fingerprint density at radius 3 is 2.71 bits per heavy atom. The van der Waals surface area contributed by atoms with Crippen molar-refractivity contribution in [3.05, 3.63) is 53.7 Å². The summed E-state index contributed by atoms with van der Waals surface area (Å²) in [5.41, 5.74) is -1.71. The maximum absolute atomic E-state index is 14.1. The lowest BCUT2D eigenvalue weighted by Crippen LogP contribution is -2.37. The van der Waals surface area contributed by atoms with E-state index in [1.54, 1.807) is 46.8 Å². The third-order valence-electron chi connectivity index (χ3n) is 3.93. The molecule has 0 unspecified atom stereocenters. The summed E-state index contributed by atoms with van der Waals surface area (Å²) in [5, 5.41) is 12.8. The topological polar surface area (TPSA) is 74.7 Å². The number of benzene rings is 1. The van der Waals surface area contributed by atoms with Crippen LogP contribution >= 0.6 is 0 Å². The maximum Gasteiger partial charge on any atom is 0.418 e. The highest BCUT2D eigenvalue weighted by Gasteiger charge is 2.29. The van der Waals surface area contributed by atoms with Crippen LogP contribution in [0, 0.1) is 11.9 Å². The second kappa shape index (κ2) is 6.82. The van der Waals surface area contributed by atoms with Gasteiger partial charge >= 0.3 is 6.09 Å². The fourth-order valence-corrected chi connectivity index (χ4v) is 2.63. The van der Waals surface area contributed by atoms with Gasteiger partial charge in [0, 0.05) is 23.3 Å². The SMILES string of the molecule is CC(C)(C)OC(=O)N1c2[c-]c(F)ccc2OC(C)(C)/C([O-])=C\c2cccnc21. The fourth-order valence-electron chi connectivity index (χ4n) is 2.63. The minimum atomic E-state index is -1.25. The number of aromatic nitrogens is 1. The molecule has 7 heteroatoms. The molecule has 0 N–H and O–H groups in total. The molecule has 0 fully saturated rings. The number of fused-ring (bicyclic) bond motifs is 2. The molecule has 1 aliphatic heterocycles. The molecule has 6 nitrogen and oxygen atoms in total. The highest BCUT2D eigenvalue weighted by atomic mass is 19.1. The number of ether oxygens (including phenoxy) is 2. The van der Waals surface area contributed by atoms with Crippen molar-refractivity contribution in [2.45, 2.75) is 45.8 Å². The number of halogens is 1. The molecule has 2 heterocycles. The summed E-state index contributed by atoms with van der Waals surface area (Å²) >= 11 is 0. The smallest absolute Gasteiger partial charge is 0.418 e. The number of carbonyl (C=O) groups excluding carboxylic acids is 1. The number of hydrogen-bond donors (Lipinski definition) is 0. The maximum atomic E-state index is 14.1. The number of carbonyl (C=O) groups is 1. The lowest BCUT2D eigenvalue weighted by atomic mass is 10.0. The number of rotatable bonds is 0. The van der Waals surface area contributed by atoms with Crippen molar-refractivity contribution >= 4 is 23.7 Å². The molecule has 1 aromatic carbocycles. The van der Waals surface area contributed by atoms with Crippen LogP contribution in [-0.4, -0.2) is 22.3 Å². The summed E-state index contributed by atoms with van der Waals surface area (Å²) in [6.45, 7) is 8.33. The average Bonchev–Trinajstić information content (AvgIpc) is 2.59. The Bertz CT molecular complexity index is 948. The van der Waals surface area contributed by atoms with Gasteiger partial charge < -0.3 is 14.6 Å². The minimum absolute atomic E-state index is 0.0228. The van der Waals surface area contributed by atoms with Crippen LogP contribution in [0.4, 0.5) is 20.7 Å². The molecule has 0 spiro atoms. The molecule has 0 radical (unpaired) electrons. The molecule has 148 valence electrons. The number of anilines is 2. The van der Waals surface area contributed by atoms with Gasteiger partial charge in [-0.1, -0.05) is 11.8 Å². The molecule has 0 saturated carbocycles. The standard InChI is InChI=1S/C21H22FN2O4/c1-20(2,3)28-19(26)24-15-12-14(22)8-9-16(15)27-21(4,5)17(25)11-13-7-6-10-23-18(13)24/h6-11,25H,1-5H3/q-1/p-1/b17-11+. The summed E-state index contributed by atoms with van der Waals surface area (Å²) in [4.78, 5) is 18.4. The third-order valence-corrected chi connectivity index (χ3v) is 3.93. The van der Waals surface area contributed by atoms with E-state index in [0.717, 1.165) is 11.0 Å². The zero-order chi connectivity index (χ0) is 20.7. The summed E-state index contributed by atoms with van der Waals surface area (Å²) in [6.07, 6.45) is 2.03. The molecule has 2 aromatic rings. The molecule has 0 bridgehead atoms. The number of pyridine rings is 1. The van der Waals surface area contributed by atoms with E-state index in [-0.39, 0.29) is 23.0 Å². The van der Waals surface area contributed by atoms with Gasteiger partial charge in [-0.15, -0.1) is 18.2 Å². The van der Waals surface area contributed by atoms with Crippen molar-refractivity contribution in [3.8, 4) is 5.75 Å². The second-order valence-corrected chi connectivity index (χ2v) is 7.87. The number of hydrogen-bond acceptors (Lipinski definition) is 5. The first kappa shape index (κ1) is 19.7. The lowest BCUT2D eigenvalue weighted by Gasteiger charge is -2.37. The third kappa shape index (κ3) is 3.93. The van der Waals surface area contributed by atoms with Crippen LogP contribution in [0.2, 0.25) is 0 Å². The van der Waals surface area contributed by atoms with E-state index in [4.69, 9.17) is 9.47 Å². The van der Waals surface area contributed by atoms with Gasteiger partial charge in [0.25, 0.3) is 0 Å². The van der Waals surface area contributed by atoms with Crippen LogP contribution in [0.1, 0.15) is 40.2 Å². The van der Waals surface area contributed by atoms with Crippen LogP contribution in [0.3, 0.4) is 0 Å². The quantitative estimate of drug-likeness (QED) is 0.643. The highest BCUT2D eigenvalue weighted by molar-refractivity contribution is 5.98. The lowest BCUT2D eigenvalue weighted by molar-refractivity contribution is -0.325. The van der Waals surface area contributed by atoms with Crippen LogP contribution in [0.25, 0.3) is 6.08 Å². The molecule has 1 aliphatic rings. The zero-order valence-electron chi connectivity index (χ0n) is 16.4. The molecule has 1 amide bonds. The van der Waals surface area contributed by atoms with Gasteiger partial charge in [-0.25, -0.2) is 19.1 Å². The largest absolute Gasteiger partial charge is 0.873 e. The first-order valence-electron chi connectivity index (χ1n) is 8.76. The van der Waals surface area contributed by atoms with E-state index >= 15 is 0 Å². The van der Waals surface area contributed by atoms with Gasteiger partial charge in [-0.2, -0.15) is 0 Å². The molecule has 0 saturated heterocycles. The van der Waals surface area contributed by atoms with E-state index < -0.39 is 23.1 Å². The molecule has 0 atom stereocenters. The molecule has 3 rings (SSSR count). The van der Waals surface area contributed by atoms with Crippen LogP contribution < -0.4 is 14.7 Å². The van der Waals surface area contributed by atoms with E-state index in [9.17, 15) is 14.3 Å².